The molecule has 2 fully saturated rings. The van der Waals surface area contributed by atoms with E-state index in [1.54, 1.807) is 0 Å². The highest BCUT2D eigenvalue weighted by Crippen LogP contribution is 2.29. The Labute approximate surface area is 165 Å². The van der Waals surface area contributed by atoms with Gasteiger partial charge in [0, 0.05) is 37.5 Å². The van der Waals surface area contributed by atoms with Crippen LogP contribution in [0.15, 0.2) is 18.2 Å². The molecule has 0 radical (unpaired) electrons. The molecular formula is C21H28N6O. The number of hydrogen-bond donors (Lipinski definition) is 2. The number of likely N-dealkylation sites (tertiary alicyclic amines) is 1. The second-order valence-corrected chi connectivity index (χ2v) is 8.20. The molecule has 4 rings (SSSR count). The molecule has 1 amide bonds. The lowest BCUT2D eigenvalue weighted by Crippen LogP contribution is -2.63. The minimum absolute atomic E-state index is 0.00398. The largest absolute Gasteiger partial charge is 0.359 e. The third-order valence-corrected chi connectivity index (χ3v) is 6.09. The molecular weight excluding hydrogens is 352 g/mol. The van der Waals surface area contributed by atoms with Crippen molar-refractivity contribution in [2.24, 2.45) is 13.0 Å². The number of anilines is 1. The van der Waals surface area contributed by atoms with Crippen LogP contribution < -0.4 is 10.6 Å². The van der Waals surface area contributed by atoms with Crippen molar-refractivity contribution in [2.75, 3.05) is 25.0 Å². The molecule has 2 N–H and O–H groups in total. The normalized spacial score (nSPS) is 23.2. The molecule has 1 saturated carbocycles. The van der Waals surface area contributed by atoms with Gasteiger partial charge < -0.3 is 10.6 Å². The Kier molecular flexibility index (Phi) is 5.23. The van der Waals surface area contributed by atoms with Gasteiger partial charge in [0.1, 0.15) is 0 Å². The zero-order valence-corrected chi connectivity index (χ0v) is 16.6. The molecule has 0 bridgehead atoms. The fourth-order valence-corrected chi connectivity index (χ4v) is 4.42. The van der Waals surface area contributed by atoms with Crippen molar-refractivity contribution in [3.8, 4) is 6.07 Å². The predicted octanol–water partition coefficient (Wildman–Crippen LogP) is 2.18. The molecule has 7 heteroatoms. The fourth-order valence-electron chi connectivity index (χ4n) is 4.42. The Hall–Kier alpha value is -2.59. The predicted molar refractivity (Wildman–Crippen MR) is 109 cm³/mol. The SMILES string of the molecule is Cc1ccc2c(c1)c(NCC(=O)NC1CN([C@H]3CC[C@@H](C#N)CC3)C1)nn2C. The summed E-state index contributed by atoms with van der Waals surface area (Å²) in [6, 6.07) is 9.41. The highest BCUT2D eigenvalue weighted by Gasteiger charge is 2.35. The topological polar surface area (TPSA) is 86.0 Å². The Morgan fingerprint density at radius 3 is 2.75 bits per heavy atom. The molecule has 1 saturated heterocycles. The summed E-state index contributed by atoms with van der Waals surface area (Å²) in [5, 5.41) is 20.8. The van der Waals surface area contributed by atoms with E-state index in [1.165, 1.54) is 5.56 Å². The lowest BCUT2D eigenvalue weighted by molar-refractivity contribution is -0.121. The van der Waals surface area contributed by atoms with Gasteiger partial charge in [-0.05, 0) is 44.7 Å². The molecule has 2 aromatic rings. The maximum absolute atomic E-state index is 12.3. The van der Waals surface area contributed by atoms with Crippen LogP contribution in [0.5, 0.6) is 0 Å². The van der Waals surface area contributed by atoms with Crippen LogP contribution in [0.2, 0.25) is 0 Å². The minimum Gasteiger partial charge on any atom is -0.359 e. The van der Waals surface area contributed by atoms with Gasteiger partial charge in [-0.15, -0.1) is 0 Å². The van der Waals surface area contributed by atoms with Crippen LogP contribution >= 0.6 is 0 Å². The smallest absolute Gasteiger partial charge is 0.239 e. The lowest BCUT2D eigenvalue weighted by Gasteiger charge is -2.46. The summed E-state index contributed by atoms with van der Waals surface area (Å²) < 4.78 is 1.83. The minimum atomic E-state index is 0.00398. The van der Waals surface area contributed by atoms with Gasteiger partial charge in [-0.2, -0.15) is 10.4 Å². The van der Waals surface area contributed by atoms with Crippen LogP contribution in [0.1, 0.15) is 31.2 Å². The van der Waals surface area contributed by atoms with E-state index in [-0.39, 0.29) is 24.4 Å². The van der Waals surface area contributed by atoms with Crippen molar-refractivity contribution in [1.29, 1.82) is 5.26 Å². The fraction of sp³-hybridized carbons (Fsp3) is 0.571. The zero-order chi connectivity index (χ0) is 19.7. The first-order valence-corrected chi connectivity index (χ1v) is 10.1. The highest BCUT2D eigenvalue weighted by molar-refractivity contribution is 5.92. The second-order valence-electron chi connectivity index (χ2n) is 8.20. The summed E-state index contributed by atoms with van der Waals surface area (Å²) in [6.45, 7) is 4.11. The molecule has 0 unspecified atom stereocenters. The second kappa shape index (κ2) is 7.80. The van der Waals surface area contributed by atoms with Gasteiger partial charge in [-0.1, -0.05) is 11.6 Å². The number of benzene rings is 1. The number of aryl methyl sites for hydroxylation is 2. The number of amides is 1. The van der Waals surface area contributed by atoms with Crippen LogP contribution in [0, 0.1) is 24.2 Å². The molecule has 0 spiro atoms. The molecule has 148 valence electrons. The monoisotopic (exact) mass is 380 g/mol. The molecule has 1 aliphatic carbocycles. The van der Waals surface area contributed by atoms with Crippen molar-refractivity contribution in [3.05, 3.63) is 23.8 Å². The van der Waals surface area contributed by atoms with Crippen molar-refractivity contribution in [3.63, 3.8) is 0 Å². The van der Waals surface area contributed by atoms with Gasteiger partial charge in [-0.3, -0.25) is 14.4 Å². The zero-order valence-electron chi connectivity index (χ0n) is 16.6. The number of nitrogens with zero attached hydrogens (tertiary/aromatic N) is 4. The summed E-state index contributed by atoms with van der Waals surface area (Å²) >= 11 is 0. The quantitative estimate of drug-likeness (QED) is 0.830. The maximum Gasteiger partial charge on any atom is 0.239 e. The van der Waals surface area contributed by atoms with Crippen LogP contribution in [-0.4, -0.2) is 52.3 Å². The van der Waals surface area contributed by atoms with Crippen molar-refractivity contribution in [1.82, 2.24) is 20.0 Å². The van der Waals surface area contributed by atoms with Crippen LogP contribution in [0.4, 0.5) is 5.82 Å². The number of aromatic nitrogens is 2. The van der Waals surface area contributed by atoms with Gasteiger partial charge >= 0.3 is 0 Å². The van der Waals surface area contributed by atoms with Gasteiger partial charge in [0.05, 0.1) is 24.2 Å². The molecule has 7 nitrogen and oxygen atoms in total. The van der Waals surface area contributed by atoms with Gasteiger partial charge in [-0.25, -0.2) is 0 Å². The standard InChI is InChI=1S/C21H28N6O/c1-14-3-8-19-18(9-14)21(25-26(19)2)23-11-20(28)24-16-12-27(13-16)17-6-4-15(10-22)5-7-17/h3,8-9,15-17H,4-7,11-13H2,1-2H3,(H,23,25)(H,24,28)/t15-,17+. The number of carbonyl (C=O) groups excluding carboxylic acids is 1. The van der Waals surface area contributed by atoms with E-state index in [1.807, 2.05) is 11.7 Å². The Morgan fingerprint density at radius 1 is 1.29 bits per heavy atom. The van der Waals surface area contributed by atoms with E-state index in [0.717, 1.165) is 55.5 Å². The van der Waals surface area contributed by atoms with E-state index in [2.05, 4.69) is 51.8 Å². The summed E-state index contributed by atoms with van der Waals surface area (Å²) in [5.74, 6) is 0.996. The van der Waals surface area contributed by atoms with Gasteiger partial charge in [0.2, 0.25) is 5.91 Å². The number of rotatable bonds is 5. The van der Waals surface area contributed by atoms with Gasteiger partial charge in [0.25, 0.3) is 0 Å². The Morgan fingerprint density at radius 2 is 2.04 bits per heavy atom. The third-order valence-electron chi connectivity index (χ3n) is 6.09. The van der Waals surface area contributed by atoms with Crippen molar-refractivity contribution in [2.45, 2.75) is 44.7 Å². The first-order chi connectivity index (χ1) is 13.5. The Balaban J connectivity index is 1.23. The molecule has 2 aliphatic rings. The molecule has 1 aromatic carbocycles. The molecule has 0 atom stereocenters. The molecule has 1 aliphatic heterocycles. The van der Waals surface area contributed by atoms with E-state index >= 15 is 0 Å². The Bertz CT molecular complexity index is 899. The molecule has 2 heterocycles. The number of fused-ring (bicyclic) bond motifs is 1. The van der Waals surface area contributed by atoms with Crippen molar-refractivity contribution < 1.29 is 4.79 Å². The molecule has 28 heavy (non-hydrogen) atoms. The maximum atomic E-state index is 12.3. The average molecular weight is 380 g/mol. The number of carbonyl (C=O) groups is 1. The van der Waals surface area contributed by atoms with Crippen LogP contribution in [0.3, 0.4) is 0 Å². The van der Waals surface area contributed by atoms with E-state index < -0.39 is 0 Å². The first-order valence-electron chi connectivity index (χ1n) is 10.1. The summed E-state index contributed by atoms with van der Waals surface area (Å²) in [7, 11) is 1.91. The molecule has 1 aromatic heterocycles. The van der Waals surface area contributed by atoms with Crippen LogP contribution in [0.25, 0.3) is 10.9 Å². The van der Waals surface area contributed by atoms with Crippen LogP contribution in [-0.2, 0) is 11.8 Å². The van der Waals surface area contributed by atoms with Crippen molar-refractivity contribution >= 4 is 22.6 Å². The van der Waals surface area contributed by atoms with E-state index in [9.17, 15) is 4.79 Å². The number of nitriles is 1. The highest BCUT2D eigenvalue weighted by atomic mass is 16.2. The van der Waals surface area contributed by atoms with Gasteiger partial charge in [0.15, 0.2) is 5.82 Å². The number of hydrogen-bond acceptors (Lipinski definition) is 5. The summed E-state index contributed by atoms with van der Waals surface area (Å²) in [4.78, 5) is 14.8. The summed E-state index contributed by atoms with van der Waals surface area (Å²) in [6.07, 6.45) is 4.23. The first kappa shape index (κ1) is 18.8. The number of nitrogens with one attached hydrogen (secondary N) is 2. The lowest BCUT2D eigenvalue weighted by atomic mass is 9.85. The van der Waals surface area contributed by atoms with E-state index in [4.69, 9.17) is 5.26 Å². The van der Waals surface area contributed by atoms with E-state index in [0.29, 0.717) is 6.04 Å². The third kappa shape index (κ3) is 3.83. The average Bonchev–Trinajstić information content (AvgIpc) is 2.98. The summed E-state index contributed by atoms with van der Waals surface area (Å²) in [5.41, 5.74) is 2.22.